The van der Waals surface area contributed by atoms with Crippen LogP contribution in [0.5, 0.6) is 0 Å². The molecule has 0 fully saturated rings. The van der Waals surface area contributed by atoms with Crippen molar-refractivity contribution in [1.82, 2.24) is 0 Å². The third-order valence-electron chi connectivity index (χ3n) is 2.59. The zero-order valence-corrected chi connectivity index (χ0v) is 12.2. The summed E-state index contributed by atoms with van der Waals surface area (Å²) < 4.78 is 10.2. The summed E-state index contributed by atoms with van der Waals surface area (Å²) in [6, 6.07) is 0. The molecule has 0 aliphatic carbocycles. The maximum absolute atomic E-state index is 11.5. The predicted octanol–water partition coefficient (Wildman–Crippen LogP) is 2.46. The highest BCUT2D eigenvalue weighted by Gasteiger charge is 2.14. The number of ether oxygens (including phenoxy) is 2. The fraction of sp³-hybridized carbons (Fsp3) is 0.625. The van der Waals surface area contributed by atoms with Gasteiger partial charge >= 0.3 is 11.9 Å². The van der Waals surface area contributed by atoms with Crippen molar-refractivity contribution in [2.45, 2.75) is 64.6 Å². The Kier molecular flexibility index (Phi) is 9.87. The molecular weight excluding hydrogens is 256 g/mol. The number of rotatable bonds is 9. The summed E-state index contributed by atoms with van der Waals surface area (Å²) in [5, 5.41) is 0. The number of hydrogen-bond acceptors (Lipinski definition) is 4. The van der Waals surface area contributed by atoms with Crippen LogP contribution < -0.4 is 0 Å². The number of terminal acetylenes is 2. The zero-order chi connectivity index (χ0) is 15.4. The van der Waals surface area contributed by atoms with Crippen molar-refractivity contribution in [3.8, 4) is 24.7 Å². The van der Waals surface area contributed by atoms with Gasteiger partial charge < -0.3 is 9.47 Å². The van der Waals surface area contributed by atoms with E-state index in [2.05, 4.69) is 11.8 Å². The molecule has 4 nitrogen and oxygen atoms in total. The molecule has 0 aromatic rings. The Morgan fingerprint density at radius 3 is 1.55 bits per heavy atom. The van der Waals surface area contributed by atoms with E-state index in [-0.39, 0.29) is 25.0 Å². The Labute approximate surface area is 121 Å². The fourth-order valence-electron chi connectivity index (χ4n) is 1.46. The molecule has 0 spiro atoms. The van der Waals surface area contributed by atoms with Crippen LogP contribution in [0.2, 0.25) is 0 Å². The van der Waals surface area contributed by atoms with Crippen molar-refractivity contribution in [1.29, 1.82) is 0 Å². The highest BCUT2D eigenvalue weighted by molar-refractivity contribution is 5.77. The van der Waals surface area contributed by atoms with E-state index in [1.165, 1.54) is 0 Å². The molecule has 2 unspecified atom stereocenters. The van der Waals surface area contributed by atoms with Crippen LogP contribution >= 0.6 is 0 Å². The normalized spacial score (nSPS) is 12.6. The van der Waals surface area contributed by atoms with E-state index in [9.17, 15) is 9.59 Å². The Balaban J connectivity index is 3.81. The third kappa shape index (κ3) is 10.0. The molecule has 0 radical (unpaired) electrons. The van der Waals surface area contributed by atoms with Crippen molar-refractivity contribution in [3.05, 3.63) is 0 Å². The molecule has 0 aromatic carbocycles. The molecule has 0 rings (SSSR count). The predicted molar refractivity (Wildman–Crippen MR) is 76.5 cm³/mol. The lowest BCUT2D eigenvalue weighted by Crippen LogP contribution is -2.18. The van der Waals surface area contributed by atoms with E-state index < -0.39 is 11.9 Å². The van der Waals surface area contributed by atoms with Crippen LogP contribution in [0.15, 0.2) is 0 Å². The molecule has 0 heterocycles. The first-order chi connectivity index (χ1) is 9.49. The van der Waals surface area contributed by atoms with Crippen molar-refractivity contribution in [2.24, 2.45) is 0 Å². The van der Waals surface area contributed by atoms with E-state index in [0.29, 0.717) is 25.7 Å². The van der Waals surface area contributed by atoms with Gasteiger partial charge in [-0.15, -0.1) is 24.7 Å². The van der Waals surface area contributed by atoms with Crippen molar-refractivity contribution >= 4 is 11.9 Å². The molecule has 0 bridgehead atoms. The molecular formula is C16H22O4. The molecule has 0 saturated heterocycles. The number of hydrogen-bond donors (Lipinski definition) is 0. The molecule has 0 N–H and O–H groups in total. The van der Waals surface area contributed by atoms with Crippen LogP contribution in [0.3, 0.4) is 0 Å². The first kappa shape index (κ1) is 18.1. The molecule has 0 saturated carbocycles. The van der Waals surface area contributed by atoms with Gasteiger partial charge in [-0.3, -0.25) is 9.59 Å². The smallest absolute Gasteiger partial charge is 0.306 e. The SMILES string of the molecule is C#CCCC(C)OC(=O)CCC(=O)OC(C)CCC#C. The second kappa shape index (κ2) is 10.9. The van der Waals surface area contributed by atoms with E-state index in [4.69, 9.17) is 22.3 Å². The van der Waals surface area contributed by atoms with Gasteiger partial charge in [0.2, 0.25) is 0 Å². The maximum atomic E-state index is 11.5. The quantitative estimate of drug-likeness (QED) is 0.480. The summed E-state index contributed by atoms with van der Waals surface area (Å²) in [5.74, 6) is 4.13. The third-order valence-corrected chi connectivity index (χ3v) is 2.59. The summed E-state index contributed by atoms with van der Waals surface area (Å²) >= 11 is 0. The largest absolute Gasteiger partial charge is 0.463 e. The lowest BCUT2D eigenvalue weighted by Gasteiger charge is -2.13. The molecule has 4 heteroatoms. The summed E-state index contributed by atoms with van der Waals surface area (Å²) in [6.45, 7) is 3.55. The Morgan fingerprint density at radius 1 is 0.900 bits per heavy atom. The van der Waals surface area contributed by atoms with Gasteiger partial charge in [-0.2, -0.15) is 0 Å². The van der Waals surface area contributed by atoms with E-state index in [1.54, 1.807) is 13.8 Å². The highest BCUT2D eigenvalue weighted by Crippen LogP contribution is 2.07. The zero-order valence-electron chi connectivity index (χ0n) is 12.2. The fourth-order valence-corrected chi connectivity index (χ4v) is 1.46. The van der Waals surface area contributed by atoms with Crippen LogP contribution in [0, 0.1) is 24.7 Å². The Morgan fingerprint density at radius 2 is 1.25 bits per heavy atom. The van der Waals surface area contributed by atoms with Gasteiger partial charge in [0.15, 0.2) is 0 Å². The molecule has 2 atom stereocenters. The van der Waals surface area contributed by atoms with Crippen LogP contribution in [-0.4, -0.2) is 24.1 Å². The highest BCUT2D eigenvalue weighted by atomic mass is 16.5. The molecule has 20 heavy (non-hydrogen) atoms. The van der Waals surface area contributed by atoms with E-state index in [0.717, 1.165) is 0 Å². The molecule has 110 valence electrons. The van der Waals surface area contributed by atoms with Crippen molar-refractivity contribution in [2.75, 3.05) is 0 Å². The average molecular weight is 278 g/mol. The van der Waals surface area contributed by atoms with Gasteiger partial charge in [0.25, 0.3) is 0 Å². The van der Waals surface area contributed by atoms with Crippen LogP contribution in [0.4, 0.5) is 0 Å². The number of carbonyl (C=O) groups is 2. The molecule has 0 aliphatic rings. The summed E-state index contributed by atoms with van der Waals surface area (Å²) in [7, 11) is 0. The lowest BCUT2D eigenvalue weighted by atomic mass is 10.2. The lowest BCUT2D eigenvalue weighted by molar-refractivity contribution is -0.155. The average Bonchev–Trinajstić information content (AvgIpc) is 2.40. The standard InChI is InChI=1S/C16H22O4/c1-5-7-9-13(3)19-15(17)11-12-16(18)20-14(4)10-8-6-2/h1-2,13-14H,7-12H2,3-4H3. The second-order valence-corrected chi connectivity index (χ2v) is 4.59. The van der Waals surface area contributed by atoms with Gasteiger partial charge in [-0.1, -0.05) is 0 Å². The first-order valence-corrected chi connectivity index (χ1v) is 6.75. The minimum atomic E-state index is -0.414. The number of esters is 2. The van der Waals surface area contributed by atoms with Crippen LogP contribution in [0.1, 0.15) is 52.4 Å². The van der Waals surface area contributed by atoms with Crippen LogP contribution in [-0.2, 0) is 19.1 Å². The topological polar surface area (TPSA) is 52.6 Å². The van der Waals surface area contributed by atoms with Crippen LogP contribution in [0.25, 0.3) is 0 Å². The van der Waals surface area contributed by atoms with Gasteiger partial charge in [-0.25, -0.2) is 0 Å². The van der Waals surface area contributed by atoms with Gasteiger partial charge in [0.05, 0.1) is 25.0 Å². The number of carbonyl (C=O) groups excluding carboxylic acids is 2. The van der Waals surface area contributed by atoms with E-state index in [1.807, 2.05) is 0 Å². The monoisotopic (exact) mass is 278 g/mol. The summed E-state index contributed by atoms with van der Waals surface area (Å²) in [6.07, 6.45) is 12.2. The Bertz CT molecular complexity index is 348. The van der Waals surface area contributed by atoms with Crippen molar-refractivity contribution in [3.63, 3.8) is 0 Å². The van der Waals surface area contributed by atoms with Gasteiger partial charge in [-0.05, 0) is 26.7 Å². The maximum Gasteiger partial charge on any atom is 0.306 e. The minimum Gasteiger partial charge on any atom is -0.463 e. The van der Waals surface area contributed by atoms with Crippen molar-refractivity contribution < 1.29 is 19.1 Å². The van der Waals surface area contributed by atoms with E-state index >= 15 is 0 Å². The summed E-state index contributed by atoms with van der Waals surface area (Å²) in [4.78, 5) is 22.9. The summed E-state index contributed by atoms with van der Waals surface area (Å²) in [5.41, 5.74) is 0. The molecule has 0 aliphatic heterocycles. The van der Waals surface area contributed by atoms with Gasteiger partial charge in [0, 0.05) is 12.8 Å². The first-order valence-electron chi connectivity index (χ1n) is 6.75. The minimum absolute atomic E-state index is 0.0150. The second-order valence-electron chi connectivity index (χ2n) is 4.59. The van der Waals surface area contributed by atoms with Gasteiger partial charge in [0.1, 0.15) is 0 Å². The Hall–Kier alpha value is -1.94. The molecule has 0 aromatic heterocycles. The molecule has 0 amide bonds.